The normalized spacial score (nSPS) is 12.5. The van der Waals surface area contributed by atoms with Crippen LogP contribution in [0.25, 0.3) is 0 Å². The van der Waals surface area contributed by atoms with Gasteiger partial charge in [-0.3, -0.25) is 0 Å². The summed E-state index contributed by atoms with van der Waals surface area (Å²) in [6, 6.07) is 6.53. The molecule has 0 saturated carbocycles. The van der Waals surface area contributed by atoms with E-state index >= 15 is 0 Å². The fraction of sp³-hybridized carbons (Fsp3) is 0.143. The third kappa shape index (κ3) is 2.46. The van der Waals surface area contributed by atoms with Crippen LogP contribution in [0.15, 0.2) is 30.3 Å². The van der Waals surface area contributed by atoms with Crippen LogP contribution in [0.1, 0.15) is 22.8 Å². The van der Waals surface area contributed by atoms with Gasteiger partial charge >= 0.3 is 0 Å². The summed E-state index contributed by atoms with van der Waals surface area (Å²) in [6.07, 6.45) is -1.62. The SMILES string of the molecule is Cc1ccc(C(O)c2cccc(Cl)c2F)c(F)c1F. The summed E-state index contributed by atoms with van der Waals surface area (Å²) >= 11 is 5.59. The van der Waals surface area contributed by atoms with Crippen LogP contribution in [0.2, 0.25) is 5.02 Å². The monoisotopic (exact) mass is 286 g/mol. The lowest BCUT2D eigenvalue weighted by Gasteiger charge is -2.14. The molecule has 0 radical (unpaired) electrons. The van der Waals surface area contributed by atoms with Crippen LogP contribution < -0.4 is 0 Å². The minimum atomic E-state index is -1.62. The molecule has 0 bridgehead atoms. The van der Waals surface area contributed by atoms with E-state index in [9.17, 15) is 18.3 Å². The first kappa shape index (κ1) is 13.9. The van der Waals surface area contributed by atoms with Gasteiger partial charge in [0.25, 0.3) is 0 Å². The first-order valence-corrected chi connectivity index (χ1v) is 5.87. The van der Waals surface area contributed by atoms with E-state index in [1.165, 1.54) is 37.3 Å². The zero-order valence-corrected chi connectivity index (χ0v) is 10.7. The predicted octanol–water partition coefficient (Wildman–Crippen LogP) is 4.15. The third-order valence-corrected chi connectivity index (χ3v) is 3.17. The number of halogens is 4. The van der Waals surface area contributed by atoms with E-state index in [0.717, 1.165) is 0 Å². The molecule has 2 rings (SSSR count). The van der Waals surface area contributed by atoms with Crippen molar-refractivity contribution < 1.29 is 18.3 Å². The third-order valence-electron chi connectivity index (χ3n) is 2.88. The molecule has 5 heteroatoms. The fourth-order valence-corrected chi connectivity index (χ4v) is 1.95. The van der Waals surface area contributed by atoms with E-state index in [0.29, 0.717) is 0 Å². The van der Waals surface area contributed by atoms with Crippen LogP contribution >= 0.6 is 11.6 Å². The van der Waals surface area contributed by atoms with Crippen molar-refractivity contribution in [2.75, 3.05) is 0 Å². The van der Waals surface area contributed by atoms with Crippen molar-refractivity contribution >= 4 is 11.6 Å². The van der Waals surface area contributed by atoms with E-state index in [-0.39, 0.29) is 21.7 Å². The van der Waals surface area contributed by atoms with Crippen LogP contribution in [-0.4, -0.2) is 5.11 Å². The topological polar surface area (TPSA) is 20.2 Å². The van der Waals surface area contributed by atoms with Gasteiger partial charge in [0.15, 0.2) is 11.6 Å². The molecule has 2 aromatic rings. The Morgan fingerprint density at radius 1 is 0.947 bits per heavy atom. The van der Waals surface area contributed by atoms with Crippen molar-refractivity contribution in [1.29, 1.82) is 0 Å². The molecule has 0 spiro atoms. The molecule has 0 aliphatic heterocycles. The van der Waals surface area contributed by atoms with Gasteiger partial charge in [-0.15, -0.1) is 0 Å². The van der Waals surface area contributed by atoms with E-state index in [4.69, 9.17) is 11.6 Å². The number of hydrogen-bond acceptors (Lipinski definition) is 1. The average Bonchev–Trinajstić information content (AvgIpc) is 2.39. The molecule has 0 saturated heterocycles. The van der Waals surface area contributed by atoms with Crippen molar-refractivity contribution in [3.05, 3.63) is 69.5 Å². The molecule has 100 valence electrons. The van der Waals surface area contributed by atoms with Gasteiger partial charge in [0.1, 0.15) is 11.9 Å². The predicted molar refractivity (Wildman–Crippen MR) is 66.6 cm³/mol. The van der Waals surface area contributed by atoms with Gasteiger partial charge < -0.3 is 5.11 Å². The molecular formula is C14H10ClF3O. The highest BCUT2D eigenvalue weighted by Crippen LogP contribution is 2.30. The first-order chi connectivity index (χ1) is 8.93. The molecule has 1 nitrogen and oxygen atoms in total. The van der Waals surface area contributed by atoms with E-state index in [2.05, 4.69) is 0 Å². The Morgan fingerprint density at radius 2 is 1.58 bits per heavy atom. The number of benzene rings is 2. The van der Waals surface area contributed by atoms with Crippen LogP contribution in [0.4, 0.5) is 13.2 Å². The Balaban J connectivity index is 2.53. The molecule has 0 heterocycles. The van der Waals surface area contributed by atoms with Crippen LogP contribution in [0.3, 0.4) is 0 Å². The zero-order chi connectivity index (χ0) is 14.2. The van der Waals surface area contributed by atoms with Crippen molar-refractivity contribution in [2.45, 2.75) is 13.0 Å². The van der Waals surface area contributed by atoms with Crippen LogP contribution in [0, 0.1) is 24.4 Å². The molecule has 0 amide bonds. The van der Waals surface area contributed by atoms with Crippen molar-refractivity contribution in [3.63, 3.8) is 0 Å². The second kappa shape index (κ2) is 5.23. The van der Waals surface area contributed by atoms with E-state index < -0.39 is 23.6 Å². The van der Waals surface area contributed by atoms with E-state index in [1.54, 1.807) is 0 Å². The van der Waals surface area contributed by atoms with E-state index in [1.807, 2.05) is 0 Å². The lowest BCUT2D eigenvalue weighted by molar-refractivity contribution is 0.208. The summed E-state index contributed by atoms with van der Waals surface area (Å²) < 4.78 is 40.9. The summed E-state index contributed by atoms with van der Waals surface area (Å²) in [5.74, 6) is -3.09. The van der Waals surface area contributed by atoms with Crippen molar-refractivity contribution in [1.82, 2.24) is 0 Å². The molecule has 2 aromatic carbocycles. The lowest BCUT2D eigenvalue weighted by atomic mass is 9.99. The maximum atomic E-state index is 13.7. The van der Waals surface area contributed by atoms with Crippen LogP contribution in [-0.2, 0) is 0 Å². The molecule has 0 aliphatic rings. The Hall–Kier alpha value is -1.52. The van der Waals surface area contributed by atoms with Gasteiger partial charge in [-0.2, -0.15) is 0 Å². The van der Waals surface area contributed by atoms with Crippen molar-refractivity contribution in [3.8, 4) is 0 Å². The molecule has 0 fully saturated rings. The minimum absolute atomic E-state index is 0.111. The molecule has 0 aliphatic carbocycles. The summed E-state index contributed by atoms with van der Waals surface area (Å²) in [7, 11) is 0. The Labute approximate surface area is 113 Å². The van der Waals surface area contributed by atoms with Gasteiger partial charge in [0, 0.05) is 11.1 Å². The number of aliphatic hydroxyl groups excluding tert-OH is 1. The summed E-state index contributed by atoms with van der Waals surface area (Å²) in [4.78, 5) is 0. The highest BCUT2D eigenvalue weighted by molar-refractivity contribution is 6.30. The second-order valence-corrected chi connectivity index (χ2v) is 4.55. The molecule has 1 unspecified atom stereocenters. The Kier molecular flexibility index (Phi) is 3.83. The zero-order valence-electron chi connectivity index (χ0n) is 9.92. The Bertz CT molecular complexity index is 628. The minimum Gasteiger partial charge on any atom is -0.383 e. The van der Waals surface area contributed by atoms with Gasteiger partial charge in [0.05, 0.1) is 5.02 Å². The molecule has 1 N–H and O–H groups in total. The highest BCUT2D eigenvalue weighted by atomic mass is 35.5. The van der Waals surface area contributed by atoms with Gasteiger partial charge in [-0.1, -0.05) is 35.9 Å². The highest BCUT2D eigenvalue weighted by Gasteiger charge is 2.22. The lowest BCUT2D eigenvalue weighted by Crippen LogP contribution is -2.07. The number of aryl methyl sites for hydroxylation is 1. The van der Waals surface area contributed by atoms with Crippen molar-refractivity contribution in [2.24, 2.45) is 0 Å². The fourth-order valence-electron chi connectivity index (χ4n) is 1.77. The Morgan fingerprint density at radius 3 is 2.26 bits per heavy atom. The quantitative estimate of drug-likeness (QED) is 0.879. The molecule has 19 heavy (non-hydrogen) atoms. The second-order valence-electron chi connectivity index (χ2n) is 4.15. The van der Waals surface area contributed by atoms with Crippen LogP contribution in [0.5, 0.6) is 0 Å². The first-order valence-electron chi connectivity index (χ1n) is 5.50. The molecule has 0 aromatic heterocycles. The van der Waals surface area contributed by atoms with Gasteiger partial charge in [0.2, 0.25) is 0 Å². The standard InChI is InChI=1S/C14H10ClF3O/c1-7-5-6-9(13(18)11(7)16)14(19)8-3-2-4-10(15)12(8)17/h2-6,14,19H,1H3. The number of hydrogen-bond donors (Lipinski definition) is 1. The maximum absolute atomic E-state index is 13.7. The summed E-state index contributed by atoms with van der Waals surface area (Å²) in [6.45, 7) is 1.40. The maximum Gasteiger partial charge on any atom is 0.165 e. The number of rotatable bonds is 2. The molecule has 1 atom stereocenters. The smallest absolute Gasteiger partial charge is 0.165 e. The average molecular weight is 287 g/mol. The summed E-state index contributed by atoms with van der Waals surface area (Å²) in [5, 5.41) is 9.80. The number of aliphatic hydroxyl groups is 1. The van der Waals surface area contributed by atoms with Gasteiger partial charge in [-0.05, 0) is 18.6 Å². The summed E-state index contributed by atoms with van der Waals surface area (Å²) in [5.41, 5.74) is -0.418. The largest absolute Gasteiger partial charge is 0.383 e. The molecular weight excluding hydrogens is 277 g/mol. The van der Waals surface area contributed by atoms with Gasteiger partial charge in [-0.25, -0.2) is 13.2 Å².